The maximum atomic E-state index is 13.0. The van der Waals surface area contributed by atoms with Gasteiger partial charge in [-0.15, -0.1) is 0 Å². The fraction of sp³-hybridized carbons (Fsp3) is 0.333. The normalized spacial score (nSPS) is 16.0. The van der Waals surface area contributed by atoms with Crippen molar-refractivity contribution in [3.8, 4) is 0 Å². The minimum Gasteiger partial charge on any atom is -0.369 e. The van der Waals surface area contributed by atoms with Gasteiger partial charge in [0.05, 0.1) is 5.02 Å². The highest BCUT2D eigenvalue weighted by atomic mass is 35.5. The van der Waals surface area contributed by atoms with Crippen molar-refractivity contribution in [2.45, 2.75) is 4.90 Å². The van der Waals surface area contributed by atoms with Crippen LogP contribution in [0.4, 0.5) is 10.1 Å². The van der Waals surface area contributed by atoms with E-state index in [1.54, 1.807) is 30.3 Å². The van der Waals surface area contributed by atoms with Crippen molar-refractivity contribution in [1.82, 2.24) is 9.62 Å². The summed E-state index contributed by atoms with van der Waals surface area (Å²) in [5.41, 5.74) is 1.01. The first-order valence-electron chi connectivity index (χ1n) is 8.43. The molecule has 1 heterocycles. The Kier molecular flexibility index (Phi) is 6.13. The largest absolute Gasteiger partial charge is 0.369 e. The molecule has 2 aromatic rings. The zero-order valence-electron chi connectivity index (χ0n) is 14.2. The number of piperazine rings is 1. The molecule has 0 saturated carbocycles. The van der Waals surface area contributed by atoms with Crippen molar-refractivity contribution in [3.63, 3.8) is 0 Å². The highest BCUT2D eigenvalue weighted by molar-refractivity contribution is 7.89. The molecule has 0 unspecified atom stereocenters. The highest BCUT2D eigenvalue weighted by Gasteiger charge is 2.20. The molecule has 26 heavy (non-hydrogen) atoms. The minimum atomic E-state index is -3.60. The van der Waals surface area contributed by atoms with E-state index in [-0.39, 0.29) is 15.7 Å². The summed E-state index contributed by atoms with van der Waals surface area (Å²) in [5.74, 6) is -0.238. The molecule has 0 amide bonds. The number of nitrogens with one attached hydrogen (secondary N) is 1. The van der Waals surface area contributed by atoms with Crippen molar-refractivity contribution in [2.75, 3.05) is 44.2 Å². The van der Waals surface area contributed by atoms with Crippen molar-refractivity contribution in [1.29, 1.82) is 0 Å². The van der Waals surface area contributed by atoms with Crippen LogP contribution in [0, 0.1) is 5.82 Å². The Bertz CT molecular complexity index is 838. The second kappa shape index (κ2) is 8.35. The SMILES string of the molecule is O=S(=O)(NCCN1CCN(c2ccc(F)cc2)CC1)c1ccccc1Cl. The van der Waals surface area contributed by atoms with Crippen molar-refractivity contribution in [3.05, 3.63) is 59.4 Å². The lowest BCUT2D eigenvalue weighted by Gasteiger charge is -2.36. The van der Waals surface area contributed by atoms with Gasteiger partial charge in [-0.3, -0.25) is 4.90 Å². The number of nitrogens with zero attached hydrogens (tertiary/aromatic N) is 2. The molecule has 0 aromatic heterocycles. The zero-order chi connectivity index (χ0) is 18.6. The average Bonchev–Trinajstić information content (AvgIpc) is 2.63. The Morgan fingerprint density at radius 3 is 2.31 bits per heavy atom. The number of benzene rings is 2. The van der Waals surface area contributed by atoms with Gasteiger partial charge in [0.15, 0.2) is 0 Å². The van der Waals surface area contributed by atoms with Crippen LogP contribution >= 0.6 is 11.6 Å². The molecule has 3 rings (SSSR count). The van der Waals surface area contributed by atoms with Gasteiger partial charge in [-0.25, -0.2) is 17.5 Å². The monoisotopic (exact) mass is 397 g/mol. The molecule has 1 saturated heterocycles. The van der Waals surface area contributed by atoms with Crippen LogP contribution in [-0.2, 0) is 10.0 Å². The molecule has 5 nitrogen and oxygen atoms in total. The Balaban J connectivity index is 1.47. The van der Waals surface area contributed by atoms with Gasteiger partial charge in [-0.05, 0) is 36.4 Å². The van der Waals surface area contributed by atoms with E-state index in [1.807, 2.05) is 0 Å². The fourth-order valence-corrected chi connectivity index (χ4v) is 4.50. The summed E-state index contributed by atoms with van der Waals surface area (Å²) in [4.78, 5) is 4.50. The summed E-state index contributed by atoms with van der Waals surface area (Å²) in [6.45, 7) is 4.24. The lowest BCUT2D eigenvalue weighted by Crippen LogP contribution is -2.48. The number of hydrogen-bond acceptors (Lipinski definition) is 4. The standard InChI is InChI=1S/C18H21ClFN3O2S/c19-17-3-1-2-4-18(17)26(24,25)21-9-10-22-11-13-23(14-12-22)16-7-5-15(20)6-8-16/h1-8,21H,9-14H2. The Morgan fingerprint density at radius 1 is 1.00 bits per heavy atom. The lowest BCUT2D eigenvalue weighted by molar-refractivity contribution is 0.262. The van der Waals surface area contributed by atoms with Crippen molar-refractivity contribution in [2.24, 2.45) is 0 Å². The lowest BCUT2D eigenvalue weighted by atomic mass is 10.2. The van der Waals surface area contributed by atoms with Crippen LogP contribution in [0.15, 0.2) is 53.4 Å². The third-order valence-electron chi connectivity index (χ3n) is 4.41. The number of anilines is 1. The summed E-state index contributed by atoms with van der Waals surface area (Å²) < 4.78 is 40.2. The molecule has 1 fully saturated rings. The smallest absolute Gasteiger partial charge is 0.242 e. The van der Waals surface area contributed by atoms with Gasteiger partial charge >= 0.3 is 0 Å². The topological polar surface area (TPSA) is 52.7 Å². The van der Waals surface area contributed by atoms with Crippen molar-refractivity contribution < 1.29 is 12.8 Å². The van der Waals surface area contributed by atoms with E-state index in [1.165, 1.54) is 18.2 Å². The summed E-state index contributed by atoms with van der Waals surface area (Å²) in [7, 11) is -3.60. The molecule has 1 N–H and O–H groups in total. The summed E-state index contributed by atoms with van der Waals surface area (Å²) in [6.07, 6.45) is 0. The molecule has 0 radical (unpaired) electrons. The van der Waals surface area contributed by atoms with Crippen molar-refractivity contribution >= 4 is 27.3 Å². The minimum absolute atomic E-state index is 0.0998. The van der Waals surface area contributed by atoms with E-state index < -0.39 is 10.0 Å². The first-order chi connectivity index (χ1) is 12.5. The summed E-state index contributed by atoms with van der Waals surface area (Å²) in [5, 5.41) is 0.216. The molecule has 0 bridgehead atoms. The predicted octanol–water partition coefficient (Wildman–Crippen LogP) is 2.58. The Morgan fingerprint density at radius 2 is 1.65 bits per heavy atom. The third-order valence-corrected chi connectivity index (χ3v) is 6.37. The third kappa shape index (κ3) is 4.73. The quantitative estimate of drug-likeness (QED) is 0.814. The maximum Gasteiger partial charge on any atom is 0.242 e. The predicted molar refractivity (Wildman–Crippen MR) is 102 cm³/mol. The van der Waals surface area contributed by atoms with Crippen LogP contribution in [0.2, 0.25) is 5.02 Å². The molecule has 1 aliphatic rings. The van der Waals surface area contributed by atoms with E-state index in [2.05, 4.69) is 14.5 Å². The van der Waals surface area contributed by atoms with Crippen LogP contribution < -0.4 is 9.62 Å². The number of hydrogen-bond donors (Lipinski definition) is 1. The van der Waals surface area contributed by atoms with Crippen LogP contribution in [0.1, 0.15) is 0 Å². The number of halogens is 2. The summed E-state index contributed by atoms with van der Waals surface area (Å²) >= 11 is 5.96. The summed E-state index contributed by atoms with van der Waals surface area (Å²) in [6, 6.07) is 12.9. The highest BCUT2D eigenvalue weighted by Crippen LogP contribution is 2.20. The van der Waals surface area contributed by atoms with Crippen LogP contribution in [0.25, 0.3) is 0 Å². The zero-order valence-corrected chi connectivity index (χ0v) is 15.8. The van der Waals surface area contributed by atoms with Gasteiger partial charge in [0.25, 0.3) is 0 Å². The number of sulfonamides is 1. The number of rotatable bonds is 6. The second-order valence-corrected chi connectivity index (χ2v) is 8.28. The second-order valence-electron chi connectivity index (χ2n) is 6.13. The molecular formula is C18H21ClFN3O2S. The Hall–Kier alpha value is -1.67. The molecule has 0 atom stereocenters. The molecule has 0 aliphatic carbocycles. The van der Waals surface area contributed by atoms with Gasteiger partial charge < -0.3 is 4.90 Å². The van der Waals surface area contributed by atoms with E-state index in [4.69, 9.17) is 11.6 Å². The fourth-order valence-electron chi connectivity index (χ4n) is 2.96. The maximum absolute atomic E-state index is 13.0. The molecule has 8 heteroatoms. The van der Waals surface area contributed by atoms with E-state index in [0.29, 0.717) is 13.1 Å². The van der Waals surface area contributed by atoms with Gasteiger partial charge in [-0.1, -0.05) is 23.7 Å². The molecule has 0 spiro atoms. The van der Waals surface area contributed by atoms with E-state index >= 15 is 0 Å². The van der Waals surface area contributed by atoms with Gasteiger partial charge in [0, 0.05) is 45.0 Å². The van der Waals surface area contributed by atoms with Gasteiger partial charge in [0.1, 0.15) is 10.7 Å². The first-order valence-corrected chi connectivity index (χ1v) is 10.3. The first kappa shape index (κ1) is 19.1. The van der Waals surface area contributed by atoms with E-state index in [0.717, 1.165) is 31.9 Å². The molecule has 1 aliphatic heterocycles. The average molecular weight is 398 g/mol. The van der Waals surface area contributed by atoms with Crippen LogP contribution in [-0.4, -0.2) is 52.6 Å². The molecule has 140 valence electrons. The van der Waals surface area contributed by atoms with E-state index in [9.17, 15) is 12.8 Å². The van der Waals surface area contributed by atoms with Crippen LogP contribution in [0.5, 0.6) is 0 Å². The van der Waals surface area contributed by atoms with Gasteiger partial charge in [-0.2, -0.15) is 0 Å². The Labute approximate surface area is 158 Å². The molecule has 2 aromatic carbocycles. The van der Waals surface area contributed by atoms with Gasteiger partial charge in [0.2, 0.25) is 10.0 Å². The van der Waals surface area contributed by atoms with Crippen LogP contribution in [0.3, 0.4) is 0 Å². The molecular weight excluding hydrogens is 377 g/mol.